The zero-order chi connectivity index (χ0) is 34.2. The van der Waals surface area contributed by atoms with Crippen LogP contribution in [0.4, 0.5) is 14.6 Å². The number of rotatable bonds is 7. The summed E-state index contributed by atoms with van der Waals surface area (Å²) in [5.74, 6) is -1.51. The molecule has 0 unspecified atom stereocenters. The molecule has 0 aliphatic carbocycles. The van der Waals surface area contributed by atoms with Gasteiger partial charge in [-0.25, -0.2) is 31.5 Å². The van der Waals surface area contributed by atoms with E-state index in [1.54, 1.807) is 36.1 Å². The number of hydrogen-bond donors (Lipinski definition) is 0. The van der Waals surface area contributed by atoms with Gasteiger partial charge in [0.1, 0.15) is 23.1 Å². The molecule has 1 amide bonds. The molecular weight excluding hydrogens is 638 g/mol. The summed E-state index contributed by atoms with van der Waals surface area (Å²) >= 11 is 0. The molecule has 1 atom stereocenters. The van der Waals surface area contributed by atoms with E-state index in [1.165, 1.54) is 43.5 Å². The minimum atomic E-state index is -3.84. The minimum absolute atomic E-state index is 0.0347. The van der Waals surface area contributed by atoms with Crippen LogP contribution in [0.15, 0.2) is 70.4 Å². The van der Waals surface area contributed by atoms with Gasteiger partial charge in [-0.3, -0.25) is 9.69 Å². The normalized spacial score (nSPS) is 17.8. The molecule has 2 aliphatic rings. The predicted octanol–water partition coefficient (Wildman–Crippen LogP) is 4.52. The number of piperidine rings is 1. The van der Waals surface area contributed by atoms with Gasteiger partial charge in [-0.15, -0.1) is 0 Å². The molecular formula is C35H38F2N6O4S. The van der Waals surface area contributed by atoms with Crippen LogP contribution in [0, 0.1) is 18.6 Å². The van der Waals surface area contributed by atoms with E-state index in [2.05, 4.69) is 14.9 Å². The smallest absolute Gasteiger partial charge is 0.350 e. The van der Waals surface area contributed by atoms with Crippen molar-refractivity contribution in [3.05, 3.63) is 88.4 Å². The number of fused-ring (bicyclic) bond motifs is 1. The first-order valence-corrected chi connectivity index (χ1v) is 18.0. The highest BCUT2D eigenvalue weighted by molar-refractivity contribution is 7.90. The molecule has 0 spiro atoms. The number of piperazine rings is 1. The Morgan fingerprint density at radius 3 is 2.44 bits per heavy atom. The number of likely N-dealkylation sites (tertiary alicyclic amines) is 1. The summed E-state index contributed by atoms with van der Waals surface area (Å²) < 4.78 is 57.7. The van der Waals surface area contributed by atoms with Crippen LogP contribution in [0.2, 0.25) is 0 Å². The van der Waals surface area contributed by atoms with Crippen LogP contribution >= 0.6 is 0 Å². The van der Waals surface area contributed by atoms with E-state index < -0.39 is 27.2 Å². The Morgan fingerprint density at radius 1 is 0.979 bits per heavy atom. The maximum atomic E-state index is 15.9. The average molecular weight is 677 g/mol. The molecule has 2 aromatic heterocycles. The third kappa shape index (κ3) is 6.61. The lowest BCUT2D eigenvalue weighted by atomic mass is 10.1. The molecule has 10 nitrogen and oxygen atoms in total. The molecule has 252 valence electrons. The van der Waals surface area contributed by atoms with Crippen molar-refractivity contribution in [2.75, 3.05) is 50.4 Å². The van der Waals surface area contributed by atoms with Crippen molar-refractivity contribution in [1.29, 1.82) is 0 Å². The Morgan fingerprint density at radius 2 is 1.73 bits per heavy atom. The maximum Gasteiger partial charge on any atom is 0.355 e. The Kier molecular flexibility index (Phi) is 9.44. The van der Waals surface area contributed by atoms with Gasteiger partial charge in [0.25, 0.3) is 0 Å². The SMILES string of the molecule is Cc1cccc(S(C)(=O)=O)c1-n1c(=O)nc(N2CCN(C(=O)/C=C/CN3CCCCC3)C[C@@H]2C)c2cc(F)c(-c3ccccc3F)nc21. The van der Waals surface area contributed by atoms with E-state index in [4.69, 9.17) is 0 Å². The number of benzene rings is 2. The molecule has 0 bridgehead atoms. The summed E-state index contributed by atoms with van der Waals surface area (Å²) in [4.78, 5) is 41.7. The van der Waals surface area contributed by atoms with Gasteiger partial charge in [0, 0.05) is 50.1 Å². The molecule has 4 aromatic rings. The number of carbonyl (C=O) groups excluding carboxylic acids is 1. The molecule has 4 heterocycles. The fraction of sp³-hybridized carbons (Fsp3) is 0.371. The summed E-state index contributed by atoms with van der Waals surface area (Å²) in [6.07, 6.45) is 8.12. The highest BCUT2D eigenvalue weighted by atomic mass is 32.2. The van der Waals surface area contributed by atoms with Gasteiger partial charge in [0.15, 0.2) is 15.5 Å². The number of sulfone groups is 1. The first kappa shape index (κ1) is 33.4. The van der Waals surface area contributed by atoms with Crippen molar-refractivity contribution in [3.8, 4) is 16.9 Å². The molecule has 0 N–H and O–H groups in total. The molecule has 6 rings (SSSR count). The van der Waals surface area contributed by atoms with Gasteiger partial charge in [0.05, 0.1) is 16.0 Å². The minimum Gasteiger partial charge on any atom is -0.350 e. The maximum absolute atomic E-state index is 15.9. The zero-order valence-corrected chi connectivity index (χ0v) is 28.0. The average Bonchev–Trinajstić information content (AvgIpc) is 3.05. The lowest BCUT2D eigenvalue weighted by Crippen LogP contribution is -2.54. The van der Waals surface area contributed by atoms with Crippen LogP contribution in [-0.4, -0.2) is 90.2 Å². The van der Waals surface area contributed by atoms with Crippen molar-refractivity contribution < 1.29 is 22.0 Å². The Labute approximate surface area is 278 Å². The van der Waals surface area contributed by atoms with Crippen molar-refractivity contribution in [2.45, 2.75) is 44.0 Å². The van der Waals surface area contributed by atoms with Crippen molar-refractivity contribution in [1.82, 2.24) is 24.3 Å². The molecule has 48 heavy (non-hydrogen) atoms. The number of anilines is 1. The van der Waals surface area contributed by atoms with E-state index in [0.29, 0.717) is 25.2 Å². The van der Waals surface area contributed by atoms with Gasteiger partial charge in [0.2, 0.25) is 5.91 Å². The Hall–Kier alpha value is -4.49. The lowest BCUT2D eigenvalue weighted by Gasteiger charge is -2.40. The van der Waals surface area contributed by atoms with E-state index in [0.717, 1.165) is 36.5 Å². The highest BCUT2D eigenvalue weighted by Gasteiger charge is 2.31. The third-order valence-corrected chi connectivity index (χ3v) is 10.2. The van der Waals surface area contributed by atoms with Crippen LogP contribution in [0.3, 0.4) is 0 Å². The van der Waals surface area contributed by atoms with Gasteiger partial charge in [-0.1, -0.05) is 36.8 Å². The molecule has 2 aromatic carbocycles. The molecule has 2 fully saturated rings. The second kappa shape index (κ2) is 13.6. The number of carbonyl (C=O) groups is 1. The second-order valence-corrected chi connectivity index (χ2v) is 14.5. The summed E-state index contributed by atoms with van der Waals surface area (Å²) in [7, 11) is -3.84. The van der Waals surface area contributed by atoms with Crippen LogP contribution in [0.1, 0.15) is 31.7 Å². The first-order valence-electron chi connectivity index (χ1n) is 16.1. The van der Waals surface area contributed by atoms with E-state index in [1.807, 2.05) is 17.9 Å². The fourth-order valence-corrected chi connectivity index (χ4v) is 7.54. The fourth-order valence-electron chi connectivity index (χ4n) is 6.61. The topological polar surface area (TPSA) is 109 Å². The number of aromatic nitrogens is 3. The number of aryl methyl sites for hydroxylation is 1. The lowest BCUT2D eigenvalue weighted by molar-refractivity contribution is -0.126. The second-order valence-electron chi connectivity index (χ2n) is 12.5. The van der Waals surface area contributed by atoms with E-state index >= 15 is 4.39 Å². The summed E-state index contributed by atoms with van der Waals surface area (Å²) in [5.41, 5.74) is -0.871. The largest absolute Gasteiger partial charge is 0.355 e. The van der Waals surface area contributed by atoms with Crippen molar-refractivity contribution in [3.63, 3.8) is 0 Å². The van der Waals surface area contributed by atoms with Gasteiger partial charge >= 0.3 is 5.69 Å². The third-order valence-electron chi connectivity index (χ3n) is 9.04. The predicted molar refractivity (Wildman–Crippen MR) is 181 cm³/mol. The molecule has 13 heteroatoms. The zero-order valence-electron chi connectivity index (χ0n) is 27.2. The number of amides is 1. The number of hydrogen-bond acceptors (Lipinski definition) is 8. The van der Waals surface area contributed by atoms with Crippen LogP contribution in [0.25, 0.3) is 28.0 Å². The van der Waals surface area contributed by atoms with Gasteiger partial charge in [-0.2, -0.15) is 4.98 Å². The molecule has 2 aliphatic heterocycles. The number of para-hydroxylation sites is 1. The number of halogens is 2. The van der Waals surface area contributed by atoms with E-state index in [-0.39, 0.29) is 50.6 Å². The number of nitrogens with zero attached hydrogens (tertiary/aromatic N) is 6. The quantitative estimate of drug-likeness (QED) is 0.263. The highest BCUT2D eigenvalue weighted by Crippen LogP contribution is 2.34. The van der Waals surface area contributed by atoms with Gasteiger partial charge in [-0.05, 0) is 69.6 Å². The monoisotopic (exact) mass is 676 g/mol. The summed E-state index contributed by atoms with van der Waals surface area (Å²) in [6.45, 7) is 7.29. The first-order chi connectivity index (χ1) is 22.9. The molecule has 2 saturated heterocycles. The van der Waals surface area contributed by atoms with E-state index in [9.17, 15) is 22.4 Å². The molecule has 0 saturated carbocycles. The van der Waals surface area contributed by atoms with Crippen LogP contribution < -0.4 is 10.6 Å². The Bertz CT molecular complexity index is 2080. The van der Waals surface area contributed by atoms with Gasteiger partial charge < -0.3 is 9.80 Å². The van der Waals surface area contributed by atoms with Crippen molar-refractivity contribution in [2.24, 2.45) is 0 Å². The summed E-state index contributed by atoms with van der Waals surface area (Å²) in [5, 5.41) is 0.142. The molecule has 0 radical (unpaired) electrons. The van der Waals surface area contributed by atoms with Crippen molar-refractivity contribution >= 4 is 32.6 Å². The van der Waals surface area contributed by atoms with Crippen LogP contribution in [-0.2, 0) is 14.6 Å². The standard InChI is InChI=1S/C35H38F2N6O4S/c1-23-11-9-14-29(48(3,46)47)32(23)43-34-26(21-28(37)31(38-34)25-12-5-6-13-27(25)36)33(39-35(43)45)42-20-19-41(22-24(42)2)30(44)15-10-18-40-16-7-4-8-17-40/h5-6,9-15,21,24H,4,7-8,16-20,22H2,1-3H3/b15-10+/t24-/m0/s1. The van der Waals surface area contributed by atoms with Crippen LogP contribution in [0.5, 0.6) is 0 Å². The summed E-state index contributed by atoms with van der Waals surface area (Å²) in [6, 6.07) is 11.0. The Balaban J connectivity index is 1.43. The number of pyridine rings is 1.